The van der Waals surface area contributed by atoms with E-state index in [9.17, 15) is 18.0 Å². The van der Waals surface area contributed by atoms with Gasteiger partial charge in [0.2, 0.25) is 5.88 Å². The highest BCUT2D eigenvalue weighted by Gasteiger charge is 2.06. The number of hydrogen-bond donors (Lipinski definition) is 2. The van der Waals surface area contributed by atoms with Gasteiger partial charge in [-0.15, -0.1) is 0 Å². The van der Waals surface area contributed by atoms with Crippen LogP contribution in [0.15, 0.2) is 36.7 Å². The van der Waals surface area contributed by atoms with Crippen molar-refractivity contribution in [2.45, 2.75) is 13.0 Å². The van der Waals surface area contributed by atoms with Crippen LogP contribution in [0.25, 0.3) is 0 Å². The van der Waals surface area contributed by atoms with Crippen LogP contribution >= 0.6 is 0 Å². The first-order valence-corrected chi connectivity index (χ1v) is 6.55. The molecule has 23 heavy (non-hydrogen) atoms. The van der Waals surface area contributed by atoms with Crippen molar-refractivity contribution in [2.75, 3.05) is 11.9 Å². The molecule has 6 nitrogen and oxygen atoms in total. The summed E-state index contributed by atoms with van der Waals surface area (Å²) in [5.41, 5.74) is 0.617. The van der Waals surface area contributed by atoms with Crippen molar-refractivity contribution >= 4 is 11.8 Å². The van der Waals surface area contributed by atoms with Crippen molar-refractivity contribution in [1.82, 2.24) is 15.3 Å². The minimum atomic E-state index is -2.59. The maximum Gasteiger partial charge on any atom is 0.320 e. The van der Waals surface area contributed by atoms with Gasteiger partial charge in [0.05, 0.1) is 6.20 Å². The summed E-state index contributed by atoms with van der Waals surface area (Å²) in [6.45, 7) is -0.624. The van der Waals surface area contributed by atoms with E-state index < -0.39 is 24.9 Å². The van der Waals surface area contributed by atoms with E-state index in [1.54, 1.807) is 6.07 Å². The minimum absolute atomic E-state index is 0.0465. The number of alkyl halides is 2. The normalized spacial score (nSPS) is 10.4. The summed E-state index contributed by atoms with van der Waals surface area (Å²) < 4.78 is 41.6. The highest BCUT2D eigenvalue weighted by Crippen LogP contribution is 2.10. The van der Waals surface area contributed by atoms with E-state index >= 15 is 0 Å². The molecule has 2 rings (SSSR count). The SMILES string of the molecule is O=C(NCc1ccnc(OCC(F)F)c1)Nc1ccc(F)cn1. The summed E-state index contributed by atoms with van der Waals surface area (Å²) >= 11 is 0. The molecule has 0 unspecified atom stereocenters. The smallest absolute Gasteiger partial charge is 0.320 e. The van der Waals surface area contributed by atoms with Gasteiger partial charge in [0.25, 0.3) is 6.43 Å². The number of carbonyl (C=O) groups is 1. The molecule has 0 aliphatic carbocycles. The molecule has 0 aromatic carbocycles. The largest absolute Gasteiger partial charge is 0.472 e. The van der Waals surface area contributed by atoms with E-state index in [2.05, 4.69) is 20.6 Å². The lowest BCUT2D eigenvalue weighted by Gasteiger charge is -2.08. The van der Waals surface area contributed by atoms with Crippen molar-refractivity contribution in [3.8, 4) is 5.88 Å². The van der Waals surface area contributed by atoms with Crippen LogP contribution in [0.1, 0.15) is 5.56 Å². The van der Waals surface area contributed by atoms with E-state index in [0.29, 0.717) is 5.56 Å². The molecule has 9 heteroatoms. The van der Waals surface area contributed by atoms with Gasteiger partial charge >= 0.3 is 6.03 Å². The third-order valence-corrected chi connectivity index (χ3v) is 2.58. The minimum Gasteiger partial charge on any atom is -0.472 e. The number of nitrogens with one attached hydrogen (secondary N) is 2. The Hall–Kier alpha value is -2.84. The number of pyridine rings is 2. The zero-order valence-electron chi connectivity index (χ0n) is 11.8. The number of aromatic nitrogens is 2. The molecule has 0 fully saturated rings. The Morgan fingerprint density at radius 3 is 2.78 bits per heavy atom. The number of amides is 2. The highest BCUT2D eigenvalue weighted by molar-refractivity contribution is 5.88. The number of halogens is 3. The first-order chi connectivity index (χ1) is 11.0. The Morgan fingerprint density at radius 2 is 2.09 bits per heavy atom. The summed E-state index contributed by atoms with van der Waals surface area (Å²) in [5.74, 6) is -0.270. The predicted molar refractivity (Wildman–Crippen MR) is 75.8 cm³/mol. The van der Waals surface area contributed by atoms with Gasteiger partial charge in [-0.2, -0.15) is 0 Å². The lowest BCUT2D eigenvalue weighted by molar-refractivity contribution is 0.0795. The number of rotatable bonds is 6. The monoisotopic (exact) mass is 326 g/mol. The number of ether oxygens (including phenoxy) is 1. The number of anilines is 1. The van der Waals surface area contributed by atoms with Crippen LogP contribution in [0.5, 0.6) is 5.88 Å². The molecule has 2 N–H and O–H groups in total. The molecule has 0 radical (unpaired) electrons. The molecular formula is C14H13F3N4O2. The zero-order chi connectivity index (χ0) is 16.7. The standard InChI is InChI=1S/C14H13F3N4O2/c15-10-1-2-12(19-7-10)21-14(22)20-6-9-3-4-18-13(5-9)23-8-11(16)17/h1-5,7,11H,6,8H2,(H2,19,20,21,22). The Labute approximate surface area is 129 Å². The molecule has 0 saturated carbocycles. The second-order valence-electron chi connectivity index (χ2n) is 4.37. The zero-order valence-corrected chi connectivity index (χ0v) is 11.8. The third-order valence-electron chi connectivity index (χ3n) is 2.58. The molecule has 0 aliphatic heterocycles. The van der Waals surface area contributed by atoms with Gasteiger partial charge in [0, 0.05) is 18.8 Å². The molecule has 0 aliphatic rings. The number of urea groups is 1. The molecule has 0 atom stereocenters. The van der Waals surface area contributed by atoms with E-state index in [1.807, 2.05) is 0 Å². The Morgan fingerprint density at radius 1 is 1.26 bits per heavy atom. The lowest BCUT2D eigenvalue weighted by atomic mass is 10.2. The van der Waals surface area contributed by atoms with Crippen LogP contribution in [0.2, 0.25) is 0 Å². The van der Waals surface area contributed by atoms with Crippen molar-refractivity contribution < 1.29 is 22.7 Å². The molecule has 0 saturated heterocycles. The van der Waals surface area contributed by atoms with Gasteiger partial charge in [-0.05, 0) is 23.8 Å². The molecule has 2 amide bonds. The second kappa shape index (κ2) is 7.97. The summed E-state index contributed by atoms with van der Waals surface area (Å²) in [5, 5.41) is 4.96. The van der Waals surface area contributed by atoms with Crippen LogP contribution < -0.4 is 15.4 Å². The molecule has 0 spiro atoms. The molecule has 2 aromatic heterocycles. The first kappa shape index (κ1) is 16.5. The summed E-state index contributed by atoms with van der Waals surface area (Å²) in [7, 11) is 0. The van der Waals surface area contributed by atoms with Gasteiger partial charge in [-0.25, -0.2) is 27.9 Å². The summed E-state index contributed by atoms with van der Waals surface area (Å²) in [4.78, 5) is 19.1. The lowest BCUT2D eigenvalue weighted by Crippen LogP contribution is -2.28. The molecule has 0 bridgehead atoms. The van der Waals surface area contributed by atoms with Gasteiger partial charge in [-0.1, -0.05) is 0 Å². The quantitative estimate of drug-likeness (QED) is 0.855. The van der Waals surface area contributed by atoms with Gasteiger partial charge in [0.15, 0.2) is 6.61 Å². The van der Waals surface area contributed by atoms with E-state index in [4.69, 9.17) is 4.74 Å². The fourth-order valence-electron chi connectivity index (χ4n) is 1.58. The highest BCUT2D eigenvalue weighted by atomic mass is 19.3. The number of hydrogen-bond acceptors (Lipinski definition) is 4. The van der Waals surface area contributed by atoms with Crippen molar-refractivity contribution in [3.63, 3.8) is 0 Å². The van der Waals surface area contributed by atoms with Gasteiger partial charge in [-0.3, -0.25) is 5.32 Å². The Kier molecular flexibility index (Phi) is 5.73. The second-order valence-corrected chi connectivity index (χ2v) is 4.37. The van der Waals surface area contributed by atoms with Crippen LogP contribution in [0, 0.1) is 5.82 Å². The van der Waals surface area contributed by atoms with E-state index in [0.717, 1.165) is 12.3 Å². The maximum atomic E-state index is 12.7. The molecule has 122 valence electrons. The van der Waals surface area contributed by atoms with Gasteiger partial charge in [0.1, 0.15) is 11.6 Å². The van der Waals surface area contributed by atoms with Crippen LogP contribution in [0.4, 0.5) is 23.8 Å². The molecule has 2 heterocycles. The predicted octanol–water partition coefficient (Wildman–Crippen LogP) is 2.58. The van der Waals surface area contributed by atoms with Gasteiger partial charge < -0.3 is 10.1 Å². The number of carbonyl (C=O) groups excluding carboxylic acids is 1. The van der Waals surface area contributed by atoms with Crippen LogP contribution in [0.3, 0.4) is 0 Å². The van der Waals surface area contributed by atoms with Crippen molar-refractivity contribution in [1.29, 1.82) is 0 Å². The topological polar surface area (TPSA) is 76.1 Å². The first-order valence-electron chi connectivity index (χ1n) is 6.55. The Bertz CT molecular complexity index is 653. The number of nitrogens with zero attached hydrogens (tertiary/aromatic N) is 2. The molecular weight excluding hydrogens is 313 g/mol. The Balaban J connectivity index is 1.84. The summed E-state index contributed by atoms with van der Waals surface area (Å²) in [6.07, 6.45) is -0.227. The van der Waals surface area contributed by atoms with Crippen molar-refractivity contribution in [2.24, 2.45) is 0 Å². The fourth-order valence-corrected chi connectivity index (χ4v) is 1.58. The van der Waals surface area contributed by atoms with Crippen molar-refractivity contribution in [3.05, 3.63) is 48.0 Å². The fraction of sp³-hybridized carbons (Fsp3) is 0.214. The van der Waals surface area contributed by atoms with E-state index in [1.165, 1.54) is 18.3 Å². The van der Waals surface area contributed by atoms with Crippen LogP contribution in [-0.2, 0) is 6.54 Å². The van der Waals surface area contributed by atoms with E-state index in [-0.39, 0.29) is 18.2 Å². The average Bonchev–Trinajstić information content (AvgIpc) is 2.54. The maximum absolute atomic E-state index is 12.7. The average molecular weight is 326 g/mol. The van der Waals surface area contributed by atoms with Crippen LogP contribution in [-0.4, -0.2) is 29.0 Å². The third kappa shape index (κ3) is 5.81. The molecule has 2 aromatic rings. The summed E-state index contributed by atoms with van der Waals surface area (Å²) in [6, 6.07) is 4.98.